The maximum absolute atomic E-state index is 12.8. The van der Waals surface area contributed by atoms with E-state index < -0.39 is 11.7 Å². The largest absolute Gasteiger partial charge is 0.416 e. The molecule has 2 unspecified atom stereocenters. The molecule has 1 rings (SSSR count). The van der Waals surface area contributed by atoms with Crippen LogP contribution in [0.3, 0.4) is 0 Å². The minimum absolute atomic E-state index is 0.152. The van der Waals surface area contributed by atoms with Crippen molar-refractivity contribution < 1.29 is 13.2 Å². The topological polar surface area (TPSA) is 12.0 Å². The van der Waals surface area contributed by atoms with Crippen molar-refractivity contribution in [3.8, 4) is 0 Å². The lowest BCUT2D eigenvalue weighted by molar-refractivity contribution is -0.138. The fourth-order valence-electron chi connectivity index (χ4n) is 1.78. The Balaban J connectivity index is 2.92. The van der Waals surface area contributed by atoms with Crippen molar-refractivity contribution in [3.05, 3.63) is 29.3 Å². The minimum atomic E-state index is -4.29. The number of halogens is 3. The third-order valence-electron chi connectivity index (χ3n) is 3.43. The summed E-state index contributed by atoms with van der Waals surface area (Å²) in [6.45, 7) is 7.61. The van der Waals surface area contributed by atoms with E-state index in [1.165, 1.54) is 19.1 Å². The number of anilines is 1. The first-order chi connectivity index (χ1) is 8.25. The van der Waals surface area contributed by atoms with E-state index in [4.69, 9.17) is 0 Å². The van der Waals surface area contributed by atoms with Gasteiger partial charge in [-0.05, 0) is 37.5 Å². The Bertz CT molecular complexity index is 399. The van der Waals surface area contributed by atoms with E-state index >= 15 is 0 Å². The van der Waals surface area contributed by atoms with Crippen molar-refractivity contribution in [1.82, 2.24) is 0 Å². The molecule has 0 saturated carbocycles. The van der Waals surface area contributed by atoms with Crippen LogP contribution in [0.5, 0.6) is 0 Å². The number of rotatable bonds is 4. The van der Waals surface area contributed by atoms with Gasteiger partial charge < -0.3 is 5.32 Å². The molecule has 0 radical (unpaired) electrons. The van der Waals surface area contributed by atoms with Gasteiger partial charge in [-0.25, -0.2) is 0 Å². The zero-order valence-electron chi connectivity index (χ0n) is 11.2. The van der Waals surface area contributed by atoms with E-state index in [-0.39, 0.29) is 11.6 Å². The van der Waals surface area contributed by atoms with Crippen LogP contribution >= 0.6 is 0 Å². The Kier molecular flexibility index (Phi) is 4.65. The maximum Gasteiger partial charge on any atom is 0.416 e. The van der Waals surface area contributed by atoms with Gasteiger partial charge in [0, 0.05) is 11.7 Å². The Hall–Kier alpha value is -1.19. The highest BCUT2D eigenvalue weighted by Crippen LogP contribution is 2.33. The van der Waals surface area contributed by atoms with E-state index in [2.05, 4.69) is 19.2 Å². The molecular weight excluding hydrogens is 239 g/mol. The predicted molar refractivity (Wildman–Crippen MR) is 68.7 cm³/mol. The average Bonchev–Trinajstić information content (AvgIpc) is 2.29. The highest BCUT2D eigenvalue weighted by atomic mass is 19.4. The molecule has 18 heavy (non-hydrogen) atoms. The molecule has 1 N–H and O–H groups in total. The van der Waals surface area contributed by atoms with Gasteiger partial charge >= 0.3 is 6.18 Å². The summed E-state index contributed by atoms with van der Waals surface area (Å²) < 4.78 is 38.3. The average molecular weight is 259 g/mol. The van der Waals surface area contributed by atoms with E-state index in [1.54, 1.807) is 6.07 Å². The van der Waals surface area contributed by atoms with Crippen LogP contribution in [0.25, 0.3) is 0 Å². The fourth-order valence-corrected chi connectivity index (χ4v) is 1.78. The Morgan fingerprint density at radius 1 is 1.22 bits per heavy atom. The van der Waals surface area contributed by atoms with Gasteiger partial charge in [-0.3, -0.25) is 0 Å². The first-order valence-corrected chi connectivity index (χ1v) is 6.20. The van der Waals surface area contributed by atoms with Gasteiger partial charge in [-0.1, -0.05) is 26.3 Å². The standard InChI is InChI=1S/C14H20F3N/c1-5-9(2)11(4)18-12-7-6-10(3)13(8-12)14(15,16)17/h6-9,11,18H,5H2,1-4H3. The van der Waals surface area contributed by atoms with Crippen LogP contribution in [0, 0.1) is 12.8 Å². The molecule has 4 heteroatoms. The molecule has 102 valence electrons. The molecule has 0 aliphatic carbocycles. The molecule has 0 aromatic heterocycles. The smallest absolute Gasteiger partial charge is 0.382 e. The summed E-state index contributed by atoms with van der Waals surface area (Å²) in [5.74, 6) is 0.417. The molecule has 1 aromatic rings. The molecule has 2 atom stereocenters. The van der Waals surface area contributed by atoms with Gasteiger partial charge in [0.25, 0.3) is 0 Å². The quantitative estimate of drug-likeness (QED) is 0.814. The van der Waals surface area contributed by atoms with Crippen molar-refractivity contribution in [2.24, 2.45) is 5.92 Å². The first-order valence-electron chi connectivity index (χ1n) is 6.20. The molecular formula is C14H20F3N. The Labute approximate surface area is 106 Å². The summed E-state index contributed by atoms with van der Waals surface area (Å²) in [5, 5.41) is 3.13. The van der Waals surface area contributed by atoms with Gasteiger partial charge in [-0.15, -0.1) is 0 Å². The molecule has 0 heterocycles. The second kappa shape index (κ2) is 5.63. The number of hydrogen-bond donors (Lipinski definition) is 1. The predicted octanol–water partition coefficient (Wildman–Crippen LogP) is 4.86. The second-order valence-electron chi connectivity index (χ2n) is 4.85. The zero-order valence-corrected chi connectivity index (χ0v) is 11.2. The van der Waals surface area contributed by atoms with Crippen LogP contribution in [-0.4, -0.2) is 6.04 Å². The molecule has 1 nitrogen and oxygen atoms in total. The number of alkyl halides is 3. The van der Waals surface area contributed by atoms with Crippen LogP contribution < -0.4 is 5.32 Å². The van der Waals surface area contributed by atoms with Crippen LogP contribution in [0.15, 0.2) is 18.2 Å². The SMILES string of the molecule is CCC(C)C(C)Nc1ccc(C)c(C(F)(F)F)c1. The molecule has 0 saturated heterocycles. The fraction of sp³-hybridized carbons (Fsp3) is 0.571. The van der Waals surface area contributed by atoms with E-state index in [1.807, 2.05) is 6.92 Å². The van der Waals surface area contributed by atoms with E-state index in [0.717, 1.165) is 6.42 Å². The second-order valence-corrected chi connectivity index (χ2v) is 4.85. The lowest BCUT2D eigenvalue weighted by atomic mass is 10.00. The summed E-state index contributed by atoms with van der Waals surface area (Å²) in [7, 11) is 0. The molecule has 0 fully saturated rings. The molecule has 0 bridgehead atoms. The van der Waals surface area contributed by atoms with Crippen LogP contribution in [-0.2, 0) is 6.18 Å². The van der Waals surface area contributed by atoms with Crippen molar-refractivity contribution >= 4 is 5.69 Å². The minimum Gasteiger partial charge on any atom is -0.382 e. The highest BCUT2D eigenvalue weighted by Gasteiger charge is 2.32. The van der Waals surface area contributed by atoms with Gasteiger partial charge in [0.15, 0.2) is 0 Å². The van der Waals surface area contributed by atoms with Gasteiger partial charge in [0.05, 0.1) is 5.56 Å². The number of hydrogen-bond acceptors (Lipinski definition) is 1. The highest BCUT2D eigenvalue weighted by molar-refractivity contribution is 5.50. The van der Waals surface area contributed by atoms with Gasteiger partial charge in [-0.2, -0.15) is 13.2 Å². The summed E-state index contributed by atoms with van der Waals surface area (Å²) in [4.78, 5) is 0. The third-order valence-corrected chi connectivity index (χ3v) is 3.43. The van der Waals surface area contributed by atoms with E-state index in [0.29, 0.717) is 11.6 Å². The maximum atomic E-state index is 12.8. The Morgan fingerprint density at radius 3 is 2.33 bits per heavy atom. The third kappa shape index (κ3) is 3.65. The zero-order chi connectivity index (χ0) is 13.9. The molecule has 0 spiro atoms. The lowest BCUT2D eigenvalue weighted by Gasteiger charge is -2.22. The lowest BCUT2D eigenvalue weighted by Crippen LogP contribution is -2.23. The van der Waals surface area contributed by atoms with Crippen LogP contribution in [0.4, 0.5) is 18.9 Å². The number of nitrogens with one attached hydrogen (secondary N) is 1. The molecule has 0 aliphatic heterocycles. The van der Waals surface area contributed by atoms with Crippen LogP contribution in [0.1, 0.15) is 38.3 Å². The first kappa shape index (κ1) is 14.9. The summed E-state index contributed by atoms with van der Waals surface area (Å²) >= 11 is 0. The summed E-state index contributed by atoms with van der Waals surface area (Å²) in [5.41, 5.74) is 0.216. The normalized spacial score (nSPS) is 15.3. The number of aryl methyl sites for hydroxylation is 1. The summed E-state index contributed by atoms with van der Waals surface area (Å²) in [6, 6.07) is 4.55. The Morgan fingerprint density at radius 2 is 1.83 bits per heavy atom. The van der Waals surface area contributed by atoms with Crippen molar-refractivity contribution in [2.75, 3.05) is 5.32 Å². The van der Waals surface area contributed by atoms with Gasteiger partial charge in [0.1, 0.15) is 0 Å². The van der Waals surface area contributed by atoms with Crippen molar-refractivity contribution in [1.29, 1.82) is 0 Å². The molecule has 0 aliphatic rings. The molecule has 0 amide bonds. The molecule has 1 aromatic carbocycles. The number of benzene rings is 1. The monoisotopic (exact) mass is 259 g/mol. The summed E-state index contributed by atoms with van der Waals surface area (Å²) in [6.07, 6.45) is -3.30. The van der Waals surface area contributed by atoms with Gasteiger partial charge in [0.2, 0.25) is 0 Å². The van der Waals surface area contributed by atoms with Crippen molar-refractivity contribution in [2.45, 2.75) is 46.3 Å². The van der Waals surface area contributed by atoms with Crippen molar-refractivity contribution in [3.63, 3.8) is 0 Å². The van der Waals surface area contributed by atoms with E-state index in [9.17, 15) is 13.2 Å². The van der Waals surface area contributed by atoms with Crippen LogP contribution in [0.2, 0.25) is 0 Å².